The molecule has 2 aliphatic rings. The molecule has 5 rings (SSSR count). The molecule has 0 saturated carbocycles. The van der Waals surface area contributed by atoms with E-state index in [2.05, 4.69) is 60.1 Å². The first-order valence-electron chi connectivity index (χ1n) is 16.0. The van der Waals surface area contributed by atoms with Crippen molar-refractivity contribution in [1.82, 2.24) is 15.3 Å². The van der Waals surface area contributed by atoms with E-state index in [0.29, 0.717) is 52.8 Å². The number of unbranched alkanes of at least 4 members (excludes halogenated alkanes) is 1. The summed E-state index contributed by atoms with van der Waals surface area (Å²) >= 11 is 6.94. The van der Waals surface area contributed by atoms with Crippen molar-refractivity contribution in [2.45, 2.75) is 57.5 Å². The molecule has 6 N–H and O–H groups in total. The second-order valence-corrected chi connectivity index (χ2v) is 13.5. The van der Waals surface area contributed by atoms with Crippen molar-refractivity contribution in [3.05, 3.63) is 80.7 Å². The van der Waals surface area contributed by atoms with Crippen LogP contribution in [0.4, 0.5) is 32.3 Å². The fraction of sp³-hybridized carbons (Fsp3) is 0.382. The number of nitrogens with one attached hydrogen (secondary N) is 4. The number of carbonyl (C=O) groups excluding carboxylic acids is 3. The van der Waals surface area contributed by atoms with E-state index in [0.717, 1.165) is 48.3 Å². The van der Waals surface area contributed by atoms with E-state index in [9.17, 15) is 14.4 Å². The van der Waals surface area contributed by atoms with Crippen LogP contribution in [0.3, 0.4) is 0 Å². The van der Waals surface area contributed by atoms with Crippen molar-refractivity contribution in [1.29, 1.82) is 0 Å². The maximum absolute atomic E-state index is 13.7. The van der Waals surface area contributed by atoms with Crippen LogP contribution in [-0.2, 0) is 22.5 Å². The van der Waals surface area contributed by atoms with Gasteiger partial charge >= 0.3 is 12.1 Å². The molecule has 0 spiro atoms. The Kier molecular flexibility index (Phi) is 12.0. The molecular formula is C34H41Br2N7O4. The highest BCUT2D eigenvalue weighted by atomic mass is 79.9. The number of nitrogens with two attached hydrogens (primary N) is 1. The number of nitrogen functional groups attached to an aromatic ring is 1. The predicted molar refractivity (Wildman–Crippen MR) is 192 cm³/mol. The number of rotatable bonds is 11. The molecule has 1 fully saturated rings. The van der Waals surface area contributed by atoms with E-state index in [1.165, 1.54) is 0 Å². The van der Waals surface area contributed by atoms with Gasteiger partial charge in [0.05, 0.1) is 17.1 Å². The lowest BCUT2D eigenvalue weighted by Gasteiger charge is -2.37. The minimum absolute atomic E-state index is 0.0270. The second kappa shape index (κ2) is 16.3. The summed E-state index contributed by atoms with van der Waals surface area (Å²) in [6.45, 7) is 4.44. The number of para-hydroxylation sites is 3. The standard InChI is InChI=1S/C34H41Br2N7O4/c1-2-3-15-38-28-10-6-7-11-29(28)39-32(44)30(21-22-19-25(35)31(37)26(36)20-22)41-34(46)47-42-16-13-24(14-17-42)43-18-12-23-8-4-5-9-27(23)40-33(43)45/h4-11,19-20,24,30,38H,2-3,12-18,21,37H2,1H3,(H,39,44)(H,40,45)(H,41,46)/t30-/m1/s1. The number of anilines is 4. The third-order valence-electron chi connectivity index (χ3n) is 8.44. The summed E-state index contributed by atoms with van der Waals surface area (Å²) in [7, 11) is 0. The Morgan fingerprint density at radius 1 is 1.02 bits per heavy atom. The van der Waals surface area contributed by atoms with E-state index in [1.54, 1.807) is 5.06 Å². The summed E-state index contributed by atoms with van der Waals surface area (Å²) in [4.78, 5) is 47.5. The van der Waals surface area contributed by atoms with Crippen molar-refractivity contribution in [3.8, 4) is 0 Å². The number of halogens is 2. The van der Waals surface area contributed by atoms with Gasteiger partial charge in [-0.1, -0.05) is 43.7 Å². The van der Waals surface area contributed by atoms with Crippen LogP contribution in [0, 0.1) is 0 Å². The smallest absolute Gasteiger partial charge is 0.397 e. The molecule has 47 heavy (non-hydrogen) atoms. The molecule has 2 heterocycles. The number of hydrogen-bond donors (Lipinski definition) is 5. The molecule has 0 bridgehead atoms. The molecule has 2 aliphatic heterocycles. The van der Waals surface area contributed by atoms with Crippen LogP contribution >= 0.6 is 31.9 Å². The Labute approximate surface area is 292 Å². The van der Waals surface area contributed by atoms with E-state index >= 15 is 0 Å². The Morgan fingerprint density at radius 3 is 2.43 bits per heavy atom. The molecule has 4 amide bonds. The summed E-state index contributed by atoms with van der Waals surface area (Å²) in [5.74, 6) is -0.386. The van der Waals surface area contributed by atoms with E-state index in [4.69, 9.17) is 10.6 Å². The largest absolute Gasteiger partial charge is 0.426 e. The number of hydrogen-bond acceptors (Lipinski definition) is 7. The Bertz CT molecular complexity index is 1560. The molecule has 0 unspecified atom stereocenters. The molecule has 3 aromatic carbocycles. The van der Waals surface area contributed by atoms with Crippen LogP contribution in [0.25, 0.3) is 0 Å². The second-order valence-electron chi connectivity index (χ2n) is 11.8. The SMILES string of the molecule is CCCCNc1ccccc1NC(=O)[C@@H](Cc1cc(Br)c(N)c(Br)c1)NC(=O)ON1CCC(N2CCc3ccccc3NC2=O)CC1. The monoisotopic (exact) mass is 769 g/mol. The number of piperidine rings is 1. The van der Waals surface area contributed by atoms with Gasteiger partial charge in [0.15, 0.2) is 0 Å². The first kappa shape index (κ1) is 34.5. The number of carbonyl (C=O) groups is 3. The number of amides is 4. The number of fused-ring (bicyclic) bond motifs is 1. The number of benzene rings is 3. The van der Waals surface area contributed by atoms with E-state index in [-0.39, 0.29) is 24.4 Å². The first-order chi connectivity index (χ1) is 22.7. The molecule has 1 atom stereocenters. The fourth-order valence-electron chi connectivity index (χ4n) is 5.83. The van der Waals surface area contributed by atoms with Gasteiger partial charge in [-0.2, -0.15) is 0 Å². The highest BCUT2D eigenvalue weighted by Gasteiger charge is 2.32. The molecule has 3 aromatic rings. The van der Waals surface area contributed by atoms with Gasteiger partial charge in [-0.3, -0.25) is 4.79 Å². The molecule has 0 aromatic heterocycles. The molecule has 0 aliphatic carbocycles. The Hall–Kier alpha value is -3.81. The zero-order chi connectivity index (χ0) is 33.3. The van der Waals surface area contributed by atoms with Crippen molar-refractivity contribution < 1.29 is 19.2 Å². The highest BCUT2D eigenvalue weighted by Crippen LogP contribution is 2.30. The van der Waals surface area contributed by atoms with Crippen molar-refractivity contribution >= 4 is 72.6 Å². The van der Waals surface area contributed by atoms with Crippen molar-refractivity contribution in [2.24, 2.45) is 0 Å². The Balaban J connectivity index is 1.21. The van der Waals surface area contributed by atoms with Crippen LogP contribution in [0.5, 0.6) is 0 Å². The molecule has 250 valence electrons. The molecule has 11 nitrogen and oxygen atoms in total. The topological polar surface area (TPSA) is 141 Å². The summed E-state index contributed by atoms with van der Waals surface area (Å²) in [6, 6.07) is 18.0. The minimum Gasteiger partial charge on any atom is -0.397 e. The van der Waals surface area contributed by atoms with Crippen LogP contribution in [-0.4, -0.2) is 66.3 Å². The zero-order valence-corrected chi connectivity index (χ0v) is 29.5. The first-order valence-corrected chi connectivity index (χ1v) is 17.6. The van der Waals surface area contributed by atoms with Crippen molar-refractivity contribution in [3.63, 3.8) is 0 Å². The third-order valence-corrected chi connectivity index (χ3v) is 9.75. The van der Waals surface area contributed by atoms with E-state index in [1.807, 2.05) is 65.6 Å². The van der Waals surface area contributed by atoms with Gasteiger partial charge < -0.3 is 36.7 Å². The van der Waals surface area contributed by atoms with Crippen molar-refractivity contribution in [2.75, 3.05) is 47.9 Å². The fourth-order valence-corrected chi connectivity index (χ4v) is 7.12. The summed E-state index contributed by atoms with van der Waals surface area (Å²) < 4.78 is 1.36. The van der Waals surface area contributed by atoms with Gasteiger partial charge in [0.2, 0.25) is 5.91 Å². The van der Waals surface area contributed by atoms with Gasteiger partial charge in [0.25, 0.3) is 0 Å². The highest BCUT2D eigenvalue weighted by molar-refractivity contribution is 9.11. The van der Waals surface area contributed by atoms with Crippen LogP contribution in [0.1, 0.15) is 43.7 Å². The summed E-state index contributed by atoms with van der Waals surface area (Å²) in [6.07, 6.45) is 3.58. The van der Waals surface area contributed by atoms with Gasteiger partial charge in [-0.15, -0.1) is 5.06 Å². The number of hydroxylamine groups is 2. The number of urea groups is 1. The summed E-state index contributed by atoms with van der Waals surface area (Å²) in [5.41, 5.74) is 10.8. The molecule has 1 saturated heterocycles. The molecular weight excluding hydrogens is 730 g/mol. The average Bonchev–Trinajstić information content (AvgIpc) is 3.22. The average molecular weight is 772 g/mol. The number of nitrogens with zero attached hydrogens (tertiary/aromatic N) is 2. The lowest BCUT2D eigenvalue weighted by Crippen LogP contribution is -2.51. The third kappa shape index (κ3) is 9.17. The normalized spacial score (nSPS) is 16.0. The Morgan fingerprint density at radius 2 is 1.70 bits per heavy atom. The van der Waals surface area contributed by atoms with Gasteiger partial charge in [0, 0.05) is 53.3 Å². The maximum Gasteiger partial charge on any atom is 0.426 e. The minimum atomic E-state index is -0.950. The lowest BCUT2D eigenvalue weighted by atomic mass is 10.0. The van der Waals surface area contributed by atoms with Crippen LogP contribution < -0.4 is 27.0 Å². The molecule has 0 radical (unpaired) electrons. The van der Waals surface area contributed by atoms with Crippen LogP contribution in [0.2, 0.25) is 0 Å². The molecule has 13 heteroatoms. The maximum atomic E-state index is 13.7. The zero-order valence-electron chi connectivity index (χ0n) is 26.4. The van der Waals surface area contributed by atoms with Gasteiger partial charge in [-0.25, -0.2) is 9.59 Å². The summed E-state index contributed by atoms with van der Waals surface area (Å²) in [5, 5.41) is 13.8. The van der Waals surface area contributed by atoms with E-state index < -0.39 is 12.1 Å². The lowest BCUT2D eigenvalue weighted by molar-refractivity contribution is -0.125. The van der Waals surface area contributed by atoms with Gasteiger partial charge in [0.1, 0.15) is 6.04 Å². The van der Waals surface area contributed by atoms with Crippen LogP contribution in [0.15, 0.2) is 69.6 Å². The predicted octanol–water partition coefficient (Wildman–Crippen LogP) is 6.75. The van der Waals surface area contributed by atoms with Gasteiger partial charge in [-0.05, 0) is 99.0 Å². The quantitative estimate of drug-likeness (QED) is 0.107.